The molecule has 0 saturated carbocycles. The first kappa shape index (κ1) is 12.6. The number of unbranched alkanes of at least 4 members (excludes halogenated alkanes) is 2. The summed E-state index contributed by atoms with van der Waals surface area (Å²) in [7, 11) is 0. The van der Waals surface area contributed by atoms with Crippen LogP contribution in [-0.2, 0) is 0 Å². The molecule has 2 rings (SSSR count). The van der Waals surface area contributed by atoms with Crippen LogP contribution >= 0.6 is 0 Å². The predicted octanol–water partition coefficient (Wildman–Crippen LogP) is 3.18. The molecule has 0 aromatic carbocycles. The van der Waals surface area contributed by atoms with Gasteiger partial charge in [0.1, 0.15) is 11.6 Å². The topological polar surface area (TPSA) is 42.7 Å². The highest BCUT2D eigenvalue weighted by molar-refractivity contribution is 5.43. The molecule has 0 aliphatic rings. The molecule has 2 aromatic rings. The lowest BCUT2D eigenvalue weighted by Crippen LogP contribution is -2.03. The molecule has 0 unspecified atom stereocenters. The van der Waals surface area contributed by atoms with Crippen LogP contribution in [0.2, 0.25) is 0 Å². The van der Waals surface area contributed by atoms with E-state index in [4.69, 9.17) is 0 Å². The normalized spacial score (nSPS) is 10.6. The number of pyridine rings is 1. The zero-order valence-electron chi connectivity index (χ0n) is 11.1. The first-order chi connectivity index (χ1) is 8.81. The van der Waals surface area contributed by atoms with Crippen LogP contribution in [-0.4, -0.2) is 21.1 Å². The van der Waals surface area contributed by atoms with Crippen LogP contribution in [0, 0.1) is 6.92 Å². The molecule has 2 heterocycles. The number of imidazole rings is 1. The van der Waals surface area contributed by atoms with Gasteiger partial charge in [-0.25, -0.2) is 9.97 Å². The molecule has 0 aliphatic carbocycles. The molecule has 0 spiro atoms. The van der Waals surface area contributed by atoms with Crippen molar-refractivity contribution in [2.45, 2.75) is 33.1 Å². The molecule has 1 N–H and O–H groups in total. The van der Waals surface area contributed by atoms with Crippen molar-refractivity contribution in [3.05, 3.63) is 36.5 Å². The van der Waals surface area contributed by atoms with Gasteiger partial charge >= 0.3 is 0 Å². The highest BCUT2D eigenvalue weighted by Gasteiger charge is 2.01. The zero-order chi connectivity index (χ0) is 12.8. The summed E-state index contributed by atoms with van der Waals surface area (Å²) in [6.45, 7) is 5.20. The fraction of sp³-hybridized carbons (Fsp3) is 0.429. The number of aromatic nitrogens is 3. The molecule has 0 bridgehead atoms. The van der Waals surface area contributed by atoms with Crippen molar-refractivity contribution in [3.63, 3.8) is 0 Å². The minimum Gasteiger partial charge on any atom is -0.384 e. The van der Waals surface area contributed by atoms with Crippen molar-refractivity contribution in [1.29, 1.82) is 0 Å². The summed E-state index contributed by atoms with van der Waals surface area (Å²) in [6, 6.07) is 4.07. The quantitative estimate of drug-likeness (QED) is 0.794. The molecule has 18 heavy (non-hydrogen) atoms. The molecule has 4 nitrogen and oxygen atoms in total. The summed E-state index contributed by atoms with van der Waals surface area (Å²) >= 11 is 0. The number of nitrogens with zero attached hydrogens (tertiary/aromatic N) is 3. The van der Waals surface area contributed by atoms with Crippen LogP contribution < -0.4 is 5.32 Å². The number of nitrogens with one attached hydrogen (secondary N) is 1. The average Bonchev–Trinajstić information content (AvgIpc) is 2.82. The SMILES string of the molecule is CCCCCNc1ccc(-n2ccnc2C)nc1. The Hall–Kier alpha value is -1.84. The molecular formula is C14H20N4. The van der Waals surface area contributed by atoms with Gasteiger partial charge in [-0.1, -0.05) is 19.8 Å². The first-order valence-electron chi connectivity index (χ1n) is 6.51. The maximum Gasteiger partial charge on any atom is 0.138 e. The van der Waals surface area contributed by atoms with E-state index in [1.165, 1.54) is 19.3 Å². The van der Waals surface area contributed by atoms with Gasteiger partial charge in [-0.05, 0) is 25.5 Å². The fourth-order valence-electron chi connectivity index (χ4n) is 1.86. The number of aryl methyl sites for hydroxylation is 1. The second kappa shape index (κ2) is 6.19. The Morgan fingerprint density at radius 1 is 1.22 bits per heavy atom. The Morgan fingerprint density at radius 3 is 2.72 bits per heavy atom. The number of rotatable bonds is 6. The number of hydrogen-bond acceptors (Lipinski definition) is 3. The molecule has 2 aromatic heterocycles. The Morgan fingerprint density at radius 2 is 2.11 bits per heavy atom. The van der Waals surface area contributed by atoms with Gasteiger partial charge in [-0.15, -0.1) is 0 Å². The lowest BCUT2D eigenvalue weighted by atomic mass is 10.2. The Balaban J connectivity index is 1.96. The van der Waals surface area contributed by atoms with Crippen molar-refractivity contribution in [1.82, 2.24) is 14.5 Å². The van der Waals surface area contributed by atoms with Gasteiger partial charge in [0.15, 0.2) is 0 Å². The van der Waals surface area contributed by atoms with Gasteiger partial charge < -0.3 is 5.32 Å². The molecular weight excluding hydrogens is 224 g/mol. The van der Waals surface area contributed by atoms with Crippen LogP contribution in [0.4, 0.5) is 5.69 Å². The summed E-state index contributed by atoms with van der Waals surface area (Å²) in [5.74, 6) is 1.86. The highest BCUT2D eigenvalue weighted by Crippen LogP contribution is 2.11. The Labute approximate surface area is 108 Å². The van der Waals surface area contributed by atoms with E-state index in [1.54, 1.807) is 6.20 Å². The summed E-state index contributed by atoms with van der Waals surface area (Å²) in [5.41, 5.74) is 1.08. The third-order valence-corrected chi connectivity index (χ3v) is 2.93. The van der Waals surface area contributed by atoms with Gasteiger partial charge in [0.05, 0.1) is 11.9 Å². The van der Waals surface area contributed by atoms with E-state index in [-0.39, 0.29) is 0 Å². The first-order valence-corrected chi connectivity index (χ1v) is 6.51. The van der Waals surface area contributed by atoms with E-state index in [2.05, 4.69) is 28.3 Å². The molecule has 0 aliphatic heterocycles. The van der Waals surface area contributed by atoms with Crippen molar-refractivity contribution in [2.75, 3.05) is 11.9 Å². The summed E-state index contributed by atoms with van der Waals surface area (Å²) < 4.78 is 1.97. The number of hydrogen-bond donors (Lipinski definition) is 1. The fourth-order valence-corrected chi connectivity index (χ4v) is 1.86. The van der Waals surface area contributed by atoms with E-state index in [0.717, 1.165) is 23.9 Å². The van der Waals surface area contributed by atoms with Crippen LogP contribution in [0.3, 0.4) is 0 Å². The van der Waals surface area contributed by atoms with Gasteiger partial charge in [0.25, 0.3) is 0 Å². The molecule has 96 valence electrons. The van der Waals surface area contributed by atoms with Crippen LogP contribution in [0.15, 0.2) is 30.7 Å². The molecule has 0 fully saturated rings. The third kappa shape index (κ3) is 3.09. The Bertz CT molecular complexity index is 473. The van der Waals surface area contributed by atoms with E-state index in [9.17, 15) is 0 Å². The van der Waals surface area contributed by atoms with Crippen molar-refractivity contribution in [2.24, 2.45) is 0 Å². The summed E-state index contributed by atoms with van der Waals surface area (Å²) in [5, 5.41) is 3.38. The van der Waals surface area contributed by atoms with Crippen LogP contribution in [0.5, 0.6) is 0 Å². The minimum absolute atomic E-state index is 0.907. The van der Waals surface area contributed by atoms with Crippen molar-refractivity contribution >= 4 is 5.69 Å². The average molecular weight is 244 g/mol. The van der Waals surface area contributed by atoms with Gasteiger partial charge in [-0.2, -0.15) is 0 Å². The van der Waals surface area contributed by atoms with E-state index >= 15 is 0 Å². The zero-order valence-corrected chi connectivity index (χ0v) is 11.1. The molecule has 0 amide bonds. The smallest absolute Gasteiger partial charge is 0.138 e. The van der Waals surface area contributed by atoms with E-state index in [1.807, 2.05) is 30.0 Å². The largest absolute Gasteiger partial charge is 0.384 e. The number of anilines is 1. The Kier molecular flexibility index (Phi) is 4.34. The second-order valence-electron chi connectivity index (χ2n) is 4.38. The minimum atomic E-state index is 0.907. The van der Waals surface area contributed by atoms with Gasteiger partial charge in [-0.3, -0.25) is 4.57 Å². The van der Waals surface area contributed by atoms with Crippen molar-refractivity contribution < 1.29 is 0 Å². The van der Waals surface area contributed by atoms with Gasteiger partial charge in [0.2, 0.25) is 0 Å². The summed E-state index contributed by atoms with van der Waals surface area (Å²) in [6.07, 6.45) is 9.31. The third-order valence-electron chi connectivity index (χ3n) is 2.93. The molecule has 0 radical (unpaired) electrons. The lowest BCUT2D eigenvalue weighted by Gasteiger charge is -2.07. The van der Waals surface area contributed by atoms with Crippen molar-refractivity contribution in [3.8, 4) is 5.82 Å². The monoisotopic (exact) mass is 244 g/mol. The summed E-state index contributed by atoms with van der Waals surface area (Å²) in [4.78, 5) is 8.63. The predicted molar refractivity (Wildman–Crippen MR) is 74.1 cm³/mol. The highest BCUT2D eigenvalue weighted by atomic mass is 15.1. The van der Waals surface area contributed by atoms with Gasteiger partial charge in [0, 0.05) is 18.9 Å². The van der Waals surface area contributed by atoms with E-state index < -0.39 is 0 Å². The molecule has 4 heteroatoms. The lowest BCUT2D eigenvalue weighted by molar-refractivity contribution is 0.743. The maximum absolute atomic E-state index is 4.44. The second-order valence-corrected chi connectivity index (χ2v) is 4.38. The molecule has 0 saturated heterocycles. The standard InChI is InChI=1S/C14H20N4/c1-3-4-5-8-16-13-6-7-14(17-11-13)18-10-9-15-12(18)2/h6-7,9-11,16H,3-5,8H2,1-2H3. The van der Waals surface area contributed by atoms with Crippen LogP contribution in [0.1, 0.15) is 32.0 Å². The van der Waals surface area contributed by atoms with Crippen LogP contribution in [0.25, 0.3) is 5.82 Å². The van der Waals surface area contributed by atoms with E-state index in [0.29, 0.717) is 0 Å². The maximum atomic E-state index is 4.44. The molecule has 0 atom stereocenters.